The zero-order valence-corrected chi connectivity index (χ0v) is 12.2. The van der Waals surface area contributed by atoms with Gasteiger partial charge < -0.3 is 10.4 Å². The Balaban J connectivity index is 2.87. The highest BCUT2D eigenvalue weighted by atomic mass is 79.9. The van der Waals surface area contributed by atoms with Crippen LogP contribution in [0.5, 0.6) is 0 Å². The van der Waals surface area contributed by atoms with Crippen molar-refractivity contribution in [1.29, 1.82) is 0 Å². The largest absolute Gasteiger partial charge is 0.480 e. The number of halogens is 2. The number of nitrogens with one attached hydrogen (secondary N) is 1. The van der Waals surface area contributed by atoms with Crippen molar-refractivity contribution >= 4 is 27.8 Å². The fraction of sp³-hybridized carbons (Fsp3) is 0.385. The topological polar surface area (TPSA) is 66.4 Å². The maximum atomic E-state index is 13.3. The number of hydrogen-bond donors (Lipinski definition) is 2. The van der Waals surface area contributed by atoms with Gasteiger partial charge in [-0.25, -0.2) is 9.18 Å². The maximum absolute atomic E-state index is 13.3. The Labute approximate surface area is 119 Å². The molecule has 0 aliphatic rings. The van der Waals surface area contributed by atoms with Crippen LogP contribution in [0.15, 0.2) is 22.7 Å². The number of carbonyl (C=O) groups excluding carboxylic acids is 1. The summed E-state index contributed by atoms with van der Waals surface area (Å²) in [6.45, 7) is 3.58. The summed E-state index contributed by atoms with van der Waals surface area (Å²) in [5.41, 5.74) is 0.0928. The Morgan fingerprint density at radius 1 is 1.47 bits per heavy atom. The second kappa shape index (κ2) is 6.65. The number of benzene rings is 1. The minimum atomic E-state index is -1.10. The van der Waals surface area contributed by atoms with E-state index in [0.717, 1.165) is 6.07 Å². The lowest BCUT2D eigenvalue weighted by Crippen LogP contribution is -2.45. The molecule has 4 nitrogen and oxygen atoms in total. The lowest BCUT2D eigenvalue weighted by Gasteiger charge is -2.20. The molecule has 0 aliphatic heterocycles. The summed E-state index contributed by atoms with van der Waals surface area (Å²) < 4.78 is 13.6. The monoisotopic (exact) mass is 331 g/mol. The van der Waals surface area contributed by atoms with Gasteiger partial charge in [-0.05, 0) is 40.0 Å². The van der Waals surface area contributed by atoms with E-state index >= 15 is 0 Å². The highest BCUT2D eigenvalue weighted by Crippen LogP contribution is 2.17. The molecule has 1 aromatic rings. The smallest absolute Gasteiger partial charge is 0.326 e. The molecule has 2 atom stereocenters. The third-order valence-electron chi connectivity index (χ3n) is 2.95. The lowest BCUT2D eigenvalue weighted by molar-refractivity contribution is -0.140. The van der Waals surface area contributed by atoms with E-state index < -0.39 is 23.7 Å². The summed E-state index contributed by atoms with van der Waals surface area (Å²) in [6.07, 6.45) is 0.617. The second-order valence-corrected chi connectivity index (χ2v) is 5.16. The molecule has 19 heavy (non-hydrogen) atoms. The fourth-order valence-electron chi connectivity index (χ4n) is 1.55. The lowest BCUT2D eigenvalue weighted by atomic mass is 9.99. The summed E-state index contributed by atoms with van der Waals surface area (Å²) >= 11 is 2.99. The van der Waals surface area contributed by atoms with Crippen LogP contribution in [-0.4, -0.2) is 23.0 Å². The summed E-state index contributed by atoms with van der Waals surface area (Å²) in [5, 5.41) is 11.5. The van der Waals surface area contributed by atoms with Crippen LogP contribution in [0, 0.1) is 11.7 Å². The molecule has 0 heterocycles. The van der Waals surface area contributed by atoms with Crippen LogP contribution in [0.4, 0.5) is 4.39 Å². The van der Waals surface area contributed by atoms with Crippen molar-refractivity contribution in [3.05, 3.63) is 34.1 Å². The van der Waals surface area contributed by atoms with Gasteiger partial charge in [0.25, 0.3) is 5.91 Å². The Morgan fingerprint density at radius 3 is 2.58 bits per heavy atom. The third kappa shape index (κ3) is 4.02. The number of carbonyl (C=O) groups is 2. The Kier molecular flexibility index (Phi) is 5.47. The number of amides is 1. The summed E-state index contributed by atoms with van der Waals surface area (Å²) in [4.78, 5) is 23.0. The second-order valence-electron chi connectivity index (χ2n) is 4.30. The molecule has 1 unspecified atom stereocenters. The molecule has 0 aliphatic carbocycles. The molecule has 0 saturated carbocycles. The predicted octanol–water partition coefficient (Wildman–Crippen LogP) is 2.82. The number of carboxylic acid groups (broad SMARTS) is 1. The molecule has 0 saturated heterocycles. The van der Waals surface area contributed by atoms with E-state index in [4.69, 9.17) is 5.11 Å². The summed E-state index contributed by atoms with van der Waals surface area (Å²) in [6, 6.07) is 2.92. The van der Waals surface area contributed by atoms with Gasteiger partial charge in [-0.2, -0.15) is 0 Å². The van der Waals surface area contributed by atoms with Gasteiger partial charge in [0, 0.05) is 5.56 Å². The van der Waals surface area contributed by atoms with Crippen molar-refractivity contribution < 1.29 is 19.1 Å². The average Bonchev–Trinajstić information content (AvgIpc) is 2.37. The Hall–Kier alpha value is -1.43. The molecule has 1 rings (SSSR count). The van der Waals surface area contributed by atoms with Crippen LogP contribution in [-0.2, 0) is 4.79 Å². The van der Waals surface area contributed by atoms with E-state index in [-0.39, 0.29) is 16.0 Å². The van der Waals surface area contributed by atoms with E-state index in [1.807, 2.05) is 6.92 Å². The van der Waals surface area contributed by atoms with Crippen molar-refractivity contribution in [3.63, 3.8) is 0 Å². The third-order valence-corrected chi connectivity index (χ3v) is 3.59. The minimum absolute atomic E-state index is 0.0928. The zero-order chi connectivity index (χ0) is 14.6. The highest BCUT2D eigenvalue weighted by Gasteiger charge is 2.25. The zero-order valence-electron chi connectivity index (χ0n) is 10.6. The van der Waals surface area contributed by atoms with E-state index in [1.54, 1.807) is 6.92 Å². The maximum Gasteiger partial charge on any atom is 0.326 e. The van der Waals surface area contributed by atoms with Crippen LogP contribution in [0.1, 0.15) is 30.6 Å². The van der Waals surface area contributed by atoms with Gasteiger partial charge in [-0.3, -0.25) is 4.79 Å². The van der Waals surface area contributed by atoms with Gasteiger partial charge in [-0.15, -0.1) is 0 Å². The fourth-order valence-corrected chi connectivity index (χ4v) is 1.79. The SMILES string of the molecule is CCC(C)[C@H](NC(=O)c1ccc(Br)c(F)c1)C(=O)O. The summed E-state index contributed by atoms with van der Waals surface area (Å²) in [7, 11) is 0. The van der Waals surface area contributed by atoms with Crippen LogP contribution in [0.2, 0.25) is 0 Å². The number of carboxylic acids is 1. The van der Waals surface area contributed by atoms with E-state index in [9.17, 15) is 14.0 Å². The molecule has 0 spiro atoms. The molecule has 0 fully saturated rings. The highest BCUT2D eigenvalue weighted by molar-refractivity contribution is 9.10. The van der Waals surface area contributed by atoms with E-state index in [0.29, 0.717) is 6.42 Å². The standard InChI is InChI=1S/C13H15BrFNO3/c1-3-7(2)11(13(18)19)16-12(17)8-4-5-9(14)10(15)6-8/h4-7,11H,3H2,1-2H3,(H,16,17)(H,18,19)/t7?,11-/m0/s1. The molecule has 1 amide bonds. The van der Waals surface area contributed by atoms with Gasteiger partial charge in [0.15, 0.2) is 0 Å². The van der Waals surface area contributed by atoms with Crippen LogP contribution in [0.3, 0.4) is 0 Å². The Morgan fingerprint density at radius 2 is 2.11 bits per heavy atom. The van der Waals surface area contributed by atoms with Crippen molar-refractivity contribution in [3.8, 4) is 0 Å². The molecule has 1 aromatic carbocycles. The molecule has 0 aromatic heterocycles. The van der Waals surface area contributed by atoms with Gasteiger partial charge in [0.05, 0.1) is 4.47 Å². The van der Waals surface area contributed by atoms with Crippen LogP contribution >= 0.6 is 15.9 Å². The molecule has 0 radical (unpaired) electrons. The van der Waals surface area contributed by atoms with Crippen molar-refractivity contribution in [1.82, 2.24) is 5.32 Å². The quantitative estimate of drug-likeness (QED) is 0.871. The van der Waals surface area contributed by atoms with Crippen LogP contribution < -0.4 is 5.32 Å². The van der Waals surface area contributed by atoms with E-state index in [2.05, 4.69) is 21.2 Å². The van der Waals surface area contributed by atoms with Gasteiger partial charge in [0.1, 0.15) is 11.9 Å². The molecule has 2 N–H and O–H groups in total. The van der Waals surface area contributed by atoms with Gasteiger partial charge in [0.2, 0.25) is 0 Å². The predicted molar refractivity (Wildman–Crippen MR) is 72.4 cm³/mol. The first-order valence-electron chi connectivity index (χ1n) is 5.85. The molecular weight excluding hydrogens is 317 g/mol. The van der Waals surface area contributed by atoms with Gasteiger partial charge >= 0.3 is 5.97 Å². The molecule has 6 heteroatoms. The van der Waals surface area contributed by atoms with Crippen molar-refractivity contribution in [2.75, 3.05) is 0 Å². The first-order chi connectivity index (χ1) is 8.86. The number of aliphatic carboxylic acids is 1. The molecule has 104 valence electrons. The summed E-state index contributed by atoms with van der Waals surface area (Å²) in [5.74, 6) is -2.47. The number of hydrogen-bond acceptors (Lipinski definition) is 2. The van der Waals surface area contributed by atoms with Crippen molar-refractivity contribution in [2.45, 2.75) is 26.3 Å². The molecule has 0 bridgehead atoms. The normalized spacial score (nSPS) is 13.7. The van der Waals surface area contributed by atoms with Crippen molar-refractivity contribution in [2.24, 2.45) is 5.92 Å². The van der Waals surface area contributed by atoms with E-state index in [1.165, 1.54) is 12.1 Å². The average molecular weight is 332 g/mol. The van der Waals surface area contributed by atoms with Crippen LogP contribution in [0.25, 0.3) is 0 Å². The van der Waals surface area contributed by atoms with Gasteiger partial charge in [-0.1, -0.05) is 20.3 Å². The Bertz CT molecular complexity index is 493. The minimum Gasteiger partial charge on any atom is -0.480 e. The first kappa shape index (κ1) is 15.6. The number of rotatable bonds is 5. The molecular formula is C13H15BrFNO3. The first-order valence-corrected chi connectivity index (χ1v) is 6.64.